The van der Waals surface area contributed by atoms with Crippen molar-refractivity contribution in [1.29, 1.82) is 0 Å². The van der Waals surface area contributed by atoms with Gasteiger partial charge in [0.25, 0.3) is 0 Å². The van der Waals surface area contributed by atoms with E-state index in [1.54, 1.807) is 0 Å². The summed E-state index contributed by atoms with van der Waals surface area (Å²) >= 11 is 0. The van der Waals surface area contributed by atoms with Crippen LogP contribution in [-0.4, -0.2) is 41.9 Å². The van der Waals surface area contributed by atoms with Crippen molar-refractivity contribution in [2.75, 3.05) is 7.11 Å². The van der Waals surface area contributed by atoms with Gasteiger partial charge in [-0.05, 0) is 80.2 Å². The highest BCUT2D eigenvalue weighted by molar-refractivity contribution is 6.74. The molecule has 1 saturated carbocycles. The summed E-state index contributed by atoms with van der Waals surface area (Å²) in [5, 5.41) is 0.393. The molecule has 0 bridgehead atoms. The zero-order chi connectivity index (χ0) is 27.1. The molecule has 0 spiro atoms. The number of allylic oxidation sites excluding steroid dienone is 1. The van der Waals surface area contributed by atoms with Crippen LogP contribution in [-0.2, 0) is 18.4 Å². The number of ether oxygens (including phenoxy) is 1. The summed E-state index contributed by atoms with van der Waals surface area (Å²) in [6, 6.07) is 0. The predicted octanol–water partition coefficient (Wildman–Crippen LogP) is 8.88. The maximum absolute atomic E-state index is 11.4. The van der Waals surface area contributed by atoms with Crippen LogP contribution < -0.4 is 0 Å². The third-order valence-electron chi connectivity index (χ3n) is 9.07. The molecule has 35 heavy (non-hydrogen) atoms. The summed E-state index contributed by atoms with van der Waals surface area (Å²) in [4.78, 5) is 11.4. The summed E-state index contributed by atoms with van der Waals surface area (Å²) in [5.41, 5.74) is 0. The minimum atomic E-state index is -1.89. The highest BCUT2D eigenvalue weighted by Gasteiger charge is 2.50. The third-order valence-corrected chi connectivity index (χ3v) is 18.1. The molecule has 0 saturated heterocycles. The molecule has 206 valence electrons. The molecule has 1 aliphatic carbocycles. The fourth-order valence-electron chi connectivity index (χ4n) is 4.73. The lowest BCUT2D eigenvalue weighted by Gasteiger charge is -2.40. The van der Waals surface area contributed by atoms with Crippen LogP contribution in [0, 0.1) is 11.8 Å². The van der Waals surface area contributed by atoms with Gasteiger partial charge in [-0.15, -0.1) is 6.58 Å². The van der Waals surface area contributed by atoms with Crippen LogP contribution in [0.15, 0.2) is 12.7 Å². The molecule has 0 amide bonds. The van der Waals surface area contributed by atoms with Crippen LogP contribution in [0.2, 0.25) is 36.3 Å². The molecule has 0 aromatic rings. The number of esters is 1. The monoisotopic (exact) mass is 526 g/mol. The maximum Gasteiger partial charge on any atom is 0.305 e. The van der Waals surface area contributed by atoms with E-state index in [0.717, 1.165) is 38.5 Å². The highest BCUT2D eigenvalue weighted by Crippen LogP contribution is 2.48. The van der Waals surface area contributed by atoms with E-state index in [2.05, 4.69) is 80.4 Å². The smallest absolute Gasteiger partial charge is 0.305 e. The fraction of sp³-hybridized carbons (Fsp3) is 0.897. The number of unbranched alkanes of at least 4 members (excludes halogenated alkanes) is 3. The molecular formula is C29H58O4Si2. The van der Waals surface area contributed by atoms with E-state index in [-0.39, 0.29) is 28.3 Å². The highest BCUT2D eigenvalue weighted by atomic mass is 28.4. The zero-order valence-electron chi connectivity index (χ0n) is 25.1. The molecule has 4 nitrogen and oxygen atoms in total. The lowest BCUT2D eigenvalue weighted by molar-refractivity contribution is -0.140. The van der Waals surface area contributed by atoms with E-state index in [1.807, 2.05) is 0 Å². The van der Waals surface area contributed by atoms with Crippen molar-refractivity contribution < 1.29 is 18.4 Å². The van der Waals surface area contributed by atoms with E-state index in [4.69, 9.17) is 13.6 Å². The van der Waals surface area contributed by atoms with Gasteiger partial charge in [-0.1, -0.05) is 66.9 Å². The fourth-order valence-corrected chi connectivity index (χ4v) is 7.49. The van der Waals surface area contributed by atoms with Gasteiger partial charge in [-0.3, -0.25) is 4.79 Å². The number of carbonyl (C=O) groups excluding carboxylic acids is 1. The van der Waals surface area contributed by atoms with E-state index in [1.165, 1.54) is 20.0 Å². The molecule has 0 N–H and O–H groups in total. The maximum atomic E-state index is 11.4. The van der Waals surface area contributed by atoms with E-state index in [9.17, 15) is 4.79 Å². The topological polar surface area (TPSA) is 44.8 Å². The molecule has 0 aromatic carbocycles. The first-order chi connectivity index (χ1) is 16.0. The number of hydrogen-bond donors (Lipinski definition) is 0. The molecule has 0 aliphatic heterocycles. The van der Waals surface area contributed by atoms with Gasteiger partial charge in [0.2, 0.25) is 0 Å². The molecule has 4 atom stereocenters. The van der Waals surface area contributed by atoms with Crippen molar-refractivity contribution in [3.8, 4) is 0 Å². The zero-order valence-corrected chi connectivity index (χ0v) is 27.1. The average Bonchev–Trinajstić information content (AvgIpc) is 3.01. The van der Waals surface area contributed by atoms with Gasteiger partial charge >= 0.3 is 5.97 Å². The van der Waals surface area contributed by atoms with E-state index < -0.39 is 16.6 Å². The van der Waals surface area contributed by atoms with Crippen LogP contribution >= 0.6 is 0 Å². The summed E-state index contributed by atoms with van der Waals surface area (Å²) in [6.45, 7) is 27.6. The van der Waals surface area contributed by atoms with Crippen molar-refractivity contribution in [2.45, 2.75) is 148 Å². The Balaban J connectivity index is 3.06. The Labute approximate surface area is 220 Å². The van der Waals surface area contributed by atoms with Gasteiger partial charge in [0.1, 0.15) is 0 Å². The molecule has 1 fully saturated rings. The van der Waals surface area contributed by atoms with Crippen molar-refractivity contribution in [3.63, 3.8) is 0 Å². The normalized spacial score (nSPS) is 24.0. The summed E-state index contributed by atoms with van der Waals surface area (Å²) in [7, 11) is -2.30. The SMILES string of the molecule is C=CCC[C@H]1C(O[Si](C)(C)C(C)(C)C)C[C@H](O[Si](C)(C)C(C)(C)C)[C@@H]1CCCCCCC(=O)OC. The molecule has 1 unspecified atom stereocenters. The summed E-state index contributed by atoms with van der Waals surface area (Å²) < 4.78 is 19.0. The first-order valence-electron chi connectivity index (χ1n) is 14.0. The molecule has 6 heteroatoms. The van der Waals surface area contributed by atoms with E-state index >= 15 is 0 Å². The van der Waals surface area contributed by atoms with Gasteiger partial charge in [-0.2, -0.15) is 0 Å². The Morgan fingerprint density at radius 1 is 0.829 bits per heavy atom. The Hall–Kier alpha value is -0.436. The lowest BCUT2D eigenvalue weighted by atomic mass is 9.85. The molecule has 1 aliphatic rings. The second kappa shape index (κ2) is 13.4. The Morgan fingerprint density at radius 2 is 1.29 bits per heavy atom. The minimum Gasteiger partial charge on any atom is -0.469 e. The van der Waals surface area contributed by atoms with Crippen LogP contribution in [0.4, 0.5) is 0 Å². The first-order valence-corrected chi connectivity index (χ1v) is 19.8. The summed E-state index contributed by atoms with van der Waals surface area (Å²) in [5.74, 6) is 0.949. The molecular weight excluding hydrogens is 468 g/mol. The second-order valence-corrected chi connectivity index (χ2v) is 23.3. The van der Waals surface area contributed by atoms with Gasteiger partial charge in [0.15, 0.2) is 16.6 Å². The van der Waals surface area contributed by atoms with Gasteiger partial charge in [0, 0.05) is 6.42 Å². The van der Waals surface area contributed by atoms with Gasteiger partial charge < -0.3 is 13.6 Å². The van der Waals surface area contributed by atoms with Gasteiger partial charge in [0.05, 0.1) is 19.3 Å². The second-order valence-electron chi connectivity index (χ2n) is 13.8. The van der Waals surface area contributed by atoms with Crippen molar-refractivity contribution in [2.24, 2.45) is 11.8 Å². The van der Waals surface area contributed by atoms with Crippen molar-refractivity contribution in [3.05, 3.63) is 12.7 Å². The van der Waals surface area contributed by atoms with E-state index in [0.29, 0.717) is 18.3 Å². The van der Waals surface area contributed by atoms with Crippen LogP contribution in [0.5, 0.6) is 0 Å². The Morgan fingerprint density at radius 3 is 1.71 bits per heavy atom. The third kappa shape index (κ3) is 9.75. The Bertz CT molecular complexity index is 661. The molecule has 1 rings (SSSR count). The van der Waals surface area contributed by atoms with Crippen LogP contribution in [0.1, 0.15) is 99.3 Å². The standard InChI is InChI=1S/C29H58O4Si2/c1-13-14-19-23-24(20-17-15-16-18-21-27(30)31-8)26(33-35(11,12)29(5,6)7)22-25(23)32-34(9,10)28(2,3)4/h13,23-26H,1,14-22H2,2-12H3/t23-,24-,25?,26+/m1/s1. The molecule has 0 heterocycles. The summed E-state index contributed by atoms with van der Waals surface area (Å²) in [6.07, 6.45) is 11.8. The minimum absolute atomic E-state index is 0.0984. The van der Waals surface area contributed by atoms with Crippen molar-refractivity contribution >= 4 is 22.6 Å². The largest absolute Gasteiger partial charge is 0.469 e. The number of rotatable bonds is 14. The first kappa shape index (κ1) is 32.6. The number of carbonyl (C=O) groups is 1. The number of hydrogen-bond acceptors (Lipinski definition) is 4. The van der Waals surface area contributed by atoms with Crippen LogP contribution in [0.3, 0.4) is 0 Å². The molecule has 0 radical (unpaired) electrons. The van der Waals surface area contributed by atoms with Crippen LogP contribution in [0.25, 0.3) is 0 Å². The number of methoxy groups -OCH3 is 1. The van der Waals surface area contributed by atoms with Crippen molar-refractivity contribution in [1.82, 2.24) is 0 Å². The average molecular weight is 527 g/mol. The van der Waals surface area contributed by atoms with Gasteiger partial charge in [-0.25, -0.2) is 0 Å². The lowest BCUT2D eigenvalue weighted by Crippen LogP contribution is -2.45. The quantitative estimate of drug-likeness (QED) is 0.0981. The predicted molar refractivity (Wildman–Crippen MR) is 155 cm³/mol. The Kier molecular flexibility index (Phi) is 12.5. The molecule has 0 aromatic heterocycles.